The third-order valence-electron chi connectivity index (χ3n) is 4.97. The zero-order valence-corrected chi connectivity index (χ0v) is 16.1. The summed E-state index contributed by atoms with van der Waals surface area (Å²) in [4.78, 5) is 25.1. The molecule has 0 radical (unpaired) electrons. The van der Waals surface area contributed by atoms with Crippen molar-refractivity contribution in [3.63, 3.8) is 0 Å². The van der Waals surface area contributed by atoms with Gasteiger partial charge in [-0.3, -0.25) is 14.5 Å². The molecule has 0 atom stereocenters. The van der Waals surface area contributed by atoms with E-state index in [0.717, 1.165) is 43.0 Å². The standard InChI is InChI=1S/C11H17N3OS.C7H13NO/c1-3-14-5-4-7-8(6-14)16-11(13-2)9(7)10(12)15;9-6-8-7-4-2-1-3-5-7/h13H,3-6H2,1-2H3,(H2,12,15);6-7H,1-5H2,(H,8,9). The Hall–Kier alpha value is -1.60. The van der Waals surface area contributed by atoms with E-state index in [1.807, 2.05) is 7.05 Å². The highest BCUT2D eigenvalue weighted by molar-refractivity contribution is 7.16. The van der Waals surface area contributed by atoms with Crippen LogP contribution in [0.25, 0.3) is 0 Å². The van der Waals surface area contributed by atoms with Crippen molar-refractivity contribution in [2.24, 2.45) is 5.73 Å². The fourth-order valence-corrected chi connectivity index (χ4v) is 4.78. The summed E-state index contributed by atoms with van der Waals surface area (Å²) in [6.45, 7) is 5.17. The number of nitrogens with zero attached hydrogens (tertiary/aromatic N) is 1. The lowest BCUT2D eigenvalue weighted by atomic mass is 9.96. The molecule has 140 valence electrons. The molecule has 1 aromatic rings. The van der Waals surface area contributed by atoms with E-state index in [-0.39, 0.29) is 5.91 Å². The van der Waals surface area contributed by atoms with Gasteiger partial charge in [0.2, 0.25) is 6.41 Å². The molecule has 1 aliphatic carbocycles. The molecule has 1 saturated carbocycles. The van der Waals surface area contributed by atoms with E-state index in [1.54, 1.807) is 11.3 Å². The van der Waals surface area contributed by atoms with Crippen molar-refractivity contribution < 1.29 is 9.59 Å². The molecule has 0 saturated heterocycles. The maximum Gasteiger partial charge on any atom is 0.251 e. The molecule has 2 aliphatic rings. The number of likely N-dealkylation sites (N-methyl/N-ethyl adjacent to an activating group) is 1. The minimum atomic E-state index is -0.313. The maximum atomic E-state index is 11.4. The van der Waals surface area contributed by atoms with E-state index in [1.165, 1.54) is 37.0 Å². The average molecular weight is 367 g/mol. The number of nitrogens with one attached hydrogen (secondary N) is 2. The predicted octanol–water partition coefficient (Wildman–Crippen LogP) is 2.33. The van der Waals surface area contributed by atoms with Crippen molar-refractivity contribution in [2.45, 2.75) is 58.0 Å². The summed E-state index contributed by atoms with van der Waals surface area (Å²) < 4.78 is 0. The van der Waals surface area contributed by atoms with Crippen molar-refractivity contribution in [1.29, 1.82) is 0 Å². The van der Waals surface area contributed by atoms with E-state index < -0.39 is 0 Å². The lowest BCUT2D eigenvalue weighted by Crippen LogP contribution is -2.30. The van der Waals surface area contributed by atoms with E-state index in [9.17, 15) is 9.59 Å². The van der Waals surface area contributed by atoms with E-state index >= 15 is 0 Å². The van der Waals surface area contributed by atoms with Crippen molar-refractivity contribution >= 4 is 28.7 Å². The molecular weight excluding hydrogens is 336 g/mol. The molecular formula is C18H30N4O2S. The van der Waals surface area contributed by atoms with Gasteiger partial charge in [0.15, 0.2) is 0 Å². The van der Waals surface area contributed by atoms with E-state index in [0.29, 0.717) is 11.6 Å². The summed E-state index contributed by atoms with van der Waals surface area (Å²) in [6.07, 6.45) is 8.02. The quantitative estimate of drug-likeness (QED) is 0.698. The number of amides is 2. The van der Waals surface area contributed by atoms with Crippen molar-refractivity contribution in [1.82, 2.24) is 10.2 Å². The fraction of sp³-hybridized carbons (Fsp3) is 0.667. The van der Waals surface area contributed by atoms with Gasteiger partial charge in [0.05, 0.1) is 5.56 Å². The Bertz CT molecular complexity index is 582. The number of primary amides is 1. The first-order valence-electron chi connectivity index (χ1n) is 9.14. The van der Waals surface area contributed by atoms with Crippen LogP contribution in [-0.2, 0) is 17.8 Å². The molecule has 1 aliphatic heterocycles. The molecule has 3 rings (SSSR count). The molecule has 25 heavy (non-hydrogen) atoms. The smallest absolute Gasteiger partial charge is 0.251 e. The number of nitrogens with two attached hydrogens (primary N) is 1. The van der Waals surface area contributed by atoms with Gasteiger partial charge in [0, 0.05) is 31.1 Å². The minimum absolute atomic E-state index is 0.313. The summed E-state index contributed by atoms with van der Waals surface area (Å²) in [5.74, 6) is -0.313. The van der Waals surface area contributed by atoms with Crippen LogP contribution in [0.15, 0.2) is 0 Å². The van der Waals surface area contributed by atoms with Gasteiger partial charge in [0.25, 0.3) is 5.91 Å². The van der Waals surface area contributed by atoms with Crippen LogP contribution in [0.1, 0.15) is 59.8 Å². The third kappa shape index (κ3) is 5.19. The second-order valence-electron chi connectivity index (χ2n) is 6.56. The number of hydrogen-bond donors (Lipinski definition) is 3. The molecule has 1 fully saturated rings. The molecule has 7 heteroatoms. The van der Waals surface area contributed by atoms with E-state index in [4.69, 9.17) is 5.73 Å². The molecule has 2 amide bonds. The Balaban J connectivity index is 0.000000212. The van der Waals surface area contributed by atoms with Crippen LogP contribution >= 0.6 is 11.3 Å². The Labute approximate surface area is 154 Å². The molecule has 0 unspecified atom stereocenters. The second-order valence-corrected chi connectivity index (χ2v) is 7.67. The van der Waals surface area contributed by atoms with Crippen LogP contribution in [0.3, 0.4) is 0 Å². The summed E-state index contributed by atoms with van der Waals surface area (Å²) in [6, 6.07) is 0.483. The monoisotopic (exact) mass is 366 g/mol. The predicted molar refractivity (Wildman–Crippen MR) is 103 cm³/mol. The number of carbonyl (C=O) groups is 2. The zero-order valence-electron chi connectivity index (χ0n) is 15.3. The first kappa shape index (κ1) is 19.7. The first-order chi connectivity index (χ1) is 12.1. The van der Waals surface area contributed by atoms with Crippen molar-refractivity contribution in [2.75, 3.05) is 25.5 Å². The lowest BCUT2D eigenvalue weighted by Gasteiger charge is -2.25. The second kappa shape index (κ2) is 9.77. The van der Waals surface area contributed by atoms with Gasteiger partial charge >= 0.3 is 0 Å². The number of carbonyl (C=O) groups excluding carboxylic acids is 2. The van der Waals surface area contributed by atoms with Gasteiger partial charge in [0.1, 0.15) is 5.00 Å². The van der Waals surface area contributed by atoms with Crippen molar-refractivity contribution in [3.8, 4) is 0 Å². The fourth-order valence-electron chi connectivity index (χ4n) is 3.53. The van der Waals surface area contributed by atoms with Gasteiger partial charge < -0.3 is 16.4 Å². The zero-order chi connectivity index (χ0) is 18.2. The number of anilines is 1. The highest BCUT2D eigenvalue weighted by Crippen LogP contribution is 2.36. The largest absolute Gasteiger partial charge is 0.379 e. The highest BCUT2D eigenvalue weighted by atomic mass is 32.1. The van der Waals surface area contributed by atoms with Crippen LogP contribution in [0.2, 0.25) is 0 Å². The Morgan fingerprint density at radius 2 is 2.08 bits per heavy atom. The van der Waals surface area contributed by atoms with E-state index in [2.05, 4.69) is 22.5 Å². The van der Waals surface area contributed by atoms with Crippen LogP contribution < -0.4 is 16.4 Å². The molecule has 4 N–H and O–H groups in total. The Morgan fingerprint density at radius 1 is 1.36 bits per heavy atom. The Kier molecular flexibility index (Phi) is 7.71. The highest BCUT2D eigenvalue weighted by Gasteiger charge is 2.25. The summed E-state index contributed by atoms with van der Waals surface area (Å²) in [7, 11) is 1.83. The molecule has 0 aromatic carbocycles. The number of fused-ring (bicyclic) bond motifs is 1. The van der Waals surface area contributed by atoms with Gasteiger partial charge in [-0.05, 0) is 31.4 Å². The van der Waals surface area contributed by atoms with Crippen LogP contribution in [0.5, 0.6) is 0 Å². The third-order valence-corrected chi connectivity index (χ3v) is 6.20. The van der Waals surface area contributed by atoms with Crippen LogP contribution in [-0.4, -0.2) is 43.4 Å². The van der Waals surface area contributed by atoms with Crippen LogP contribution in [0, 0.1) is 0 Å². The van der Waals surface area contributed by atoms with Crippen LogP contribution in [0.4, 0.5) is 5.00 Å². The molecule has 0 bridgehead atoms. The number of hydrogen-bond acceptors (Lipinski definition) is 5. The molecule has 0 spiro atoms. The first-order valence-corrected chi connectivity index (χ1v) is 9.96. The number of thiophene rings is 1. The minimum Gasteiger partial charge on any atom is -0.379 e. The lowest BCUT2D eigenvalue weighted by molar-refractivity contribution is -0.110. The van der Waals surface area contributed by atoms with Gasteiger partial charge in [-0.15, -0.1) is 11.3 Å². The SMILES string of the molecule is CCN1CCc2c(sc(NC)c2C(N)=O)C1.O=CNC1CCCCC1. The summed E-state index contributed by atoms with van der Waals surface area (Å²) >= 11 is 1.66. The normalized spacial score (nSPS) is 17.8. The summed E-state index contributed by atoms with van der Waals surface area (Å²) in [5.41, 5.74) is 7.31. The molecule has 6 nitrogen and oxygen atoms in total. The van der Waals surface area contributed by atoms with Gasteiger partial charge in [-0.1, -0.05) is 26.2 Å². The summed E-state index contributed by atoms with van der Waals surface area (Å²) in [5, 5.41) is 6.78. The van der Waals surface area contributed by atoms with Gasteiger partial charge in [-0.2, -0.15) is 0 Å². The topological polar surface area (TPSA) is 87.5 Å². The average Bonchev–Trinajstić information content (AvgIpc) is 3.01. The van der Waals surface area contributed by atoms with Crippen molar-refractivity contribution in [3.05, 3.63) is 16.0 Å². The van der Waals surface area contributed by atoms with Gasteiger partial charge in [-0.25, -0.2) is 0 Å². The maximum absolute atomic E-state index is 11.4. The number of rotatable bonds is 5. The molecule has 2 heterocycles. The Morgan fingerprint density at radius 3 is 2.64 bits per heavy atom. The molecule has 1 aromatic heterocycles.